The van der Waals surface area contributed by atoms with E-state index in [0.29, 0.717) is 0 Å². The molecule has 22 heavy (non-hydrogen) atoms. The number of benzene rings is 1. The van der Waals surface area contributed by atoms with E-state index in [9.17, 15) is 9.59 Å². The average molecular weight is 319 g/mol. The molecule has 0 aromatic heterocycles. The Labute approximate surface area is 135 Å². The lowest BCUT2D eigenvalue weighted by Gasteiger charge is -2.26. The first-order chi connectivity index (χ1) is 10.6. The van der Waals surface area contributed by atoms with Crippen LogP contribution in [0, 0.1) is 5.92 Å². The maximum atomic E-state index is 12.5. The highest BCUT2D eigenvalue weighted by atomic mass is 32.2. The maximum Gasteiger partial charge on any atom is 0.330 e. The van der Waals surface area contributed by atoms with Crippen LogP contribution in [0.2, 0.25) is 0 Å². The molecule has 1 aliphatic rings. The van der Waals surface area contributed by atoms with Crippen molar-refractivity contribution in [2.75, 3.05) is 30.6 Å². The second kappa shape index (κ2) is 8.03. The number of ether oxygens (including phenoxy) is 1. The third kappa shape index (κ3) is 4.37. The summed E-state index contributed by atoms with van der Waals surface area (Å²) in [6.45, 7) is 0. The Hall–Kier alpha value is -1.75. The summed E-state index contributed by atoms with van der Waals surface area (Å²) in [6, 6.07) is 7.57. The standard InChI is InChI=1S/C17H21NO3S/c1-18(17(20)14-8-10-22-11-9-14)15-5-3-4-13(12-15)6-7-16(19)21-2/h3-7,12,14H,8-11H2,1-2H3/b7-6+. The van der Waals surface area contributed by atoms with Gasteiger partial charge in [0.15, 0.2) is 0 Å². The Morgan fingerprint density at radius 1 is 1.32 bits per heavy atom. The maximum absolute atomic E-state index is 12.5. The Morgan fingerprint density at radius 3 is 2.73 bits per heavy atom. The van der Waals surface area contributed by atoms with E-state index in [2.05, 4.69) is 4.74 Å². The lowest BCUT2D eigenvalue weighted by molar-refractivity contribution is -0.134. The van der Waals surface area contributed by atoms with Gasteiger partial charge in [0.05, 0.1) is 7.11 Å². The predicted octanol–water partition coefficient (Wildman–Crippen LogP) is 2.98. The van der Waals surface area contributed by atoms with Crippen LogP contribution in [0.1, 0.15) is 18.4 Å². The molecule has 0 spiro atoms. The molecule has 0 unspecified atom stereocenters. The van der Waals surface area contributed by atoms with Crippen LogP contribution in [-0.2, 0) is 14.3 Å². The van der Waals surface area contributed by atoms with Gasteiger partial charge in [0.2, 0.25) is 5.91 Å². The van der Waals surface area contributed by atoms with Crippen LogP contribution in [0.5, 0.6) is 0 Å². The van der Waals surface area contributed by atoms with Gasteiger partial charge in [0.25, 0.3) is 0 Å². The third-order valence-electron chi connectivity index (χ3n) is 3.77. The fourth-order valence-corrected chi connectivity index (χ4v) is 3.52. The minimum absolute atomic E-state index is 0.125. The summed E-state index contributed by atoms with van der Waals surface area (Å²) in [5.74, 6) is 2.03. The van der Waals surface area contributed by atoms with Crippen LogP contribution in [0.3, 0.4) is 0 Å². The number of methoxy groups -OCH3 is 1. The molecule has 0 bridgehead atoms. The summed E-state index contributed by atoms with van der Waals surface area (Å²) >= 11 is 1.91. The first kappa shape index (κ1) is 16.6. The van der Waals surface area contributed by atoms with E-state index in [1.54, 1.807) is 11.0 Å². The van der Waals surface area contributed by atoms with Crippen molar-refractivity contribution < 1.29 is 14.3 Å². The topological polar surface area (TPSA) is 46.6 Å². The van der Waals surface area contributed by atoms with Gasteiger partial charge in [0, 0.05) is 24.7 Å². The lowest BCUT2D eigenvalue weighted by Crippen LogP contribution is -2.34. The molecule has 1 amide bonds. The van der Waals surface area contributed by atoms with Gasteiger partial charge in [-0.3, -0.25) is 4.79 Å². The molecule has 1 aromatic rings. The molecule has 1 aromatic carbocycles. The average Bonchev–Trinajstić information content (AvgIpc) is 2.59. The van der Waals surface area contributed by atoms with Gasteiger partial charge in [-0.25, -0.2) is 4.79 Å². The molecule has 5 heteroatoms. The molecule has 0 radical (unpaired) electrons. The lowest BCUT2D eigenvalue weighted by atomic mass is 10.0. The number of hydrogen-bond donors (Lipinski definition) is 0. The fraction of sp³-hybridized carbons (Fsp3) is 0.412. The Bertz CT molecular complexity index is 565. The predicted molar refractivity (Wildman–Crippen MR) is 91.0 cm³/mol. The van der Waals surface area contributed by atoms with Crippen molar-refractivity contribution in [3.05, 3.63) is 35.9 Å². The highest BCUT2D eigenvalue weighted by Crippen LogP contribution is 2.26. The molecule has 1 heterocycles. The zero-order valence-electron chi connectivity index (χ0n) is 13.0. The van der Waals surface area contributed by atoms with E-state index in [0.717, 1.165) is 35.6 Å². The fourth-order valence-electron chi connectivity index (χ4n) is 2.42. The van der Waals surface area contributed by atoms with Crippen molar-refractivity contribution in [3.63, 3.8) is 0 Å². The Morgan fingerprint density at radius 2 is 2.05 bits per heavy atom. The van der Waals surface area contributed by atoms with Crippen molar-refractivity contribution >= 4 is 35.4 Å². The molecule has 118 valence electrons. The largest absolute Gasteiger partial charge is 0.466 e. The minimum Gasteiger partial charge on any atom is -0.466 e. The van der Waals surface area contributed by atoms with E-state index < -0.39 is 5.97 Å². The smallest absolute Gasteiger partial charge is 0.330 e. The number of rotatable bonds is 4. The molecule has 1 fully saturated rings. The summed E-state index contributed by atoms with van der Waals surface area (Å²) in [6.07, 6.45) is 4.97. The molecular formula is C17H21NO3S. The molecule has 1 saturated heterocycles. The second-order valence-electron chi connectivity index (χ2n) is 5.24. The summed E-state index contributed by atoms with van der Waals surface area (Å²) in [7, 11) is 3.16. The number of thioether (sulfide) groups is 1. The van der Waals surface area contributed by atoms with Crippen molar-refractivity contribution in [3.8, 4) is 0 Å². The SMILES string of the molecule is COC(=O)/C=C/c1cccc(N(C)C(=O)C2CCSCC2)c1. The molecule has 1 aliphatic heterocycles. The van der Waals surface area contributed by atoms with Gasteiger partial charge in [-0.15, -0.1) is 0 Å². The van der Waals surface area contributed by atoms with E-state index in [4.69, 9.17) is 0 Å². The summed E-state index contributed by atoms with van der Waals surface area (Å²) < 4.78 is 4.57. The van der Waals surface area contributed by atoms with Crippen molar-refractivity contribution in [2.45, 2.75) is 12.8 Å². The van der Waals surface area contributed by atoms with Gasteiger partial charge in [-0.2, -0.15) is 11.8 Å². The normalized spacial score (nSPS) is 15.7. The van der Waals surface area contributed by atoms with E-state index >= 15 is 0 Å². The van der Waals surface area contributed by atoms with Crippen molar-refractivity contribution in [2.24, 2.45) is 5.92 Å². The van der Waals surface area contributed by atoms with Crippen LogP contribution in [-0.4, -0.2) is 37.5 Å². The molecular weight excluding hydrogens is 298 g/mol. The molecule has 0 N–H and O–H groups in total. The number of esters is 1. The van der Waals surface area contributed by atoms with Crippen LogP contribution >= 0.6 is 11.8 Å². The molecule has 0 saturated carbocycles. The first-order valence-corrected chi connectivity index (χ1v) is 8.48. The number of amides is 1. The van der Waals surface area contributed by atoms with Crippen LogP contribution < -0.4 is 4.90 Å². The van der Waals surface area contributed by atoms with E-state index in [-0.39, 0.29) is 11.8 Å². The number of hydrogen-bond acceptors (Lipinski definition) is 4. The van der Waals surface area contributed by atoms with Gasteiger partial charge in [-0.1, -0.05) is 12.1 Å². The summed E-state index contributed by atoms with van der Waals surface area (Å²) in [5, 5.41) is 0. The third-order valence-corrected chi connectivity index (χ3v) is 4.82. The summed E-state index contributed by atoms with van der Waals surface area (Å²) in [5.41, 5.74) is 1.71. The highest BCUT2D eigenvalue weighted by Gasteiger charge is 2.24. The molecule has 0 aliphatic carbocycles. The van der Waals surface area contributed by atoms with Crippen molar-refractivity contribution in [1.29, 1.82) is 0 Å². The van der Waals surface area contributed by atoms with E-state index in [1.807, 2.05) is 43.1 Å². The van der Waals surface area contributed by atoms with Gasteiger partial charge < -0.3 is 9.64 Å². The van der Waals surface area contributed by atoms with E-state index in [1.165, 1.54) is 13.2 Å². The Balaban J connectivity index is 2.09. The molecule has 2 rings (SSSR count). The summed E-state index contributed by atoms with van der Waals surface area (Å²) in [4.78, 5) is 25.4. The van der Waals surface area contributed by atoms with Crippen LogP contribution in [0.25, 0.3) is 6.08 Å². The van der Waals surface area contributed by atoms with Gasteiger partial charge >= 0.3 is 5.97 Å². The monoisotopic (exact) mass is 319 g/mol. The van der Waals surface area contributed by atoms with Crippen LogP contribution in [0.4, 0.5) is 5.69 Å². The Kier molecular flexibility index (Phi) is 6.07. The second-order valence-corrected chi connectivity index (χ2v) is 6.46. The number of nitrogens with zero attached hydrogens (tertiary/aromatic N) is 1. The molecule has 0 atom stereocenters. The first-order valence-electron chi connectivity index (χ1n) is 7.33. The highest BCUT2D eigenvalue weighted by molar-refractivity contribution is 7.99. The minimum atomic E-state index is -0.394. The quantitative estimate of drug-likeness (QED) is 0.632. The zero-order valence-corrected chi connectivity index (χ0v) is 13.8. The van der Waals surface area contributed by atoms with Crippen LogP contribution in [0.15, 0.2) is 30.3 Å². The van der Waals surface area contributed by atoms with Crippen molar-refractivity contribution in [1.82, 2.24) is 0 Å². The number of anilines is 1. The number of carbonyl (C=O) groups is 2. The number of carbonyl (C=O) groups excluding carboxylic acids is 2. The van der Waals surface area contributed by atoms with Gasteiger partial charge in [-0.05, 0) is 48.1 Å². The molecule has 4 nitrogen and oxygen atoms in total. The van der Waals surface area contributed by atoms with Gasteiger partial charge in [0.1, 0.15) is 0 Å². The zero-order chi connectivity index (χ0) is 15.9.